The van der Waals surface area contributed by atoms with Crippen molar-refractivity contribution in [2.45, 2.75) is 25.8 Å². The Kier molecular flexibility index (Phi) is 1.46. The molecule has 0 aromatic heterocycles. The van der Waals surface area contributed by atoms with Crippen LogP contribution in [0.2, 0.25) is 0 Å². The van der Waals surface area contributed by atoms with Crippen LogP contribution in [0.15, 0.2) is 0 Å². The van der Waals surface area contributed by atoms with Crippen molar-refractivity contribution >= 4 is 0 Å². The highest BCUT2D eigenvalue weighted by molar-refractivity contribution is 4.96. The number of nitrogens with one attached hydrogen (secondary N) is 1. The third-order valence-corrected chi connectivity index (χ3v) is 2.56. The zero-order chi connectivity index (χ0) is 7.03. The van der Waals surface area contributed by atoms with Crippen LogP contribution >= 0.6 is 0 Å². The van der Waals surface area contributed by atoms with E-state index >= 15 is 0 Å². The van der Waals surface area contributed by atoms with Gasteiger partial charge in [0, 0.05) is 18.0 Å². The van der Waals surface area contributed by atoms with E-state index in [1.807, 2.05) is 0 Å². The van der Waals surface area contributed by atoms with Crippen molar-refractivity contribution in [1.82, 2.24) is 5.32 Å². The minimum absolute atomic E-state index is 0.556. The zero-order valence-corrected chi connectivity index (χ0v) is 6.52. The molecule has 2 nitrogen and oxygen atoms in total. The van der Waals surface area contributed by atoms with Gasteiger partial charge in [0.2, 0.25) is 0 Å². The highest BCUT2D eigenvalue weighted by Gasteiger charge is 2.43. The Hall–Kier alpha value is -0.0800. The summed E-state index contributed by atoms with van der Waals surface area (Å²) in [6.07, 6.45) is 2.74. The summed E-state index contributed by atoms with van der Waals surface area (Å²) in [6.45, 7) is 5.24. The summed E-state index contributed by atoms with van der Waals surface area (Å²) in [6, 6.07) is 0.556. The molecule has 0 amide bonds. The Labute approximate surface area is 61.9 Å². The maximum atomic E-state index is 5.52. The lowest BCUT2D eigenvalue weighted by Gasteiger charge is -2.10. The minimum Gasteiger partial charge on any atom is -0.379 e. The molecule has 0 unspecified atom stereocenters. The summed E-state index contributed by atoms with van der Waals surface area (Å²) in [7, 11) is 0. The second kappa shape index (κ2) is 2.21. The van der Waals surface area contributed by atoms with Crippen molar-refractivity contribution < 1.29 is 4.74 Å². The van der Waals surface area contributed by atoms with Crippen LogP contribution in [-0.2, 0) is 4.74 Å². The Morgan fingerprint density at radius 2 is 2.30 bits per heavy atom. The van der Waals surface area contributed by atoms with Gasteiger partial charge in [-0.3, -0.25) is 0 Å². The number of hydrogen-bond donors (Lipinski definition) is 1. The molecule has 1 aliphatic heterocycles. The summed E-state index contributed by atoms with van der Waals surface area (Å²) >= 11 is 0. The SMILES string of the molecule is C[C@H]1COCC2(CC2)CN1. The lowest BCUT2D eigenvalue weighted by molar-refractivity contribution is 0.105. The van der Waals surface area contributed by atoms with Crippen molar-refractivity contribution in [3.05, 3.63) is 0 Å². The van der Waals surface area contributed by atoms with Crippen molar-refractivity contribution in [3.8, 4) is 0 Å². The van der Waals surface area contributed by atoms with Crippen LogP contribution < -0.4 is 5.32 Å². The van der Waals surface area contributed by atoms with E-state index in [0.717, 1.165) is 13.2 Å². The van der Waals surface area contributed by atoms with Crippen LogP contribution in [0.25, 0.3) is 0 Å². The summed E-state index contributed by atoms with van der Waals surface area (Å²) in [5.41, 5.74) is 0.560. The Balaban J connectivity index is 1.92. The van der Waals surface area contributed by atoms with Crippen LogP contribution in [-0.4, -0.2) is 25.8 Å². The van der Waals surface area contributed by atoms with Gasteiger partial charge in [-0.2, -0.15) is 0 Å². The molecule has 1 N–H and O–H groups in total. The topological polar surface area (TPSA) is 21.3 Å². The predicted octanol–water partition coefficient (Wildman–Crippen LogP) is 0.775. The van der Waals surface area contributed by atoms with Gasteiger partial charge in [0.25, 0.3) is 0 Å². The van der Waals surface area contributed by atoms with E-state index in [-0.39, 0.29) is 0 Å². The molecule has 1 saturated heterocycles. The standard InChI is InChI=1S/C8H15NO/c1-7-4-10-6-8(2-3-8)5-9-7/h7,9H,2-6H2,1H3/t7-/m0/s1. The summed E-state index contributed by atoms with van der Waals surface area (Å²) < 4.78 is 5.52. The molecule has 2 rings (SSSR count). The highest BCUT2D eigenvalue weighted by Crippen LogP contribution is 2.45. The fourth-order valence-electron chi connectivity index (χ4n) is 1.45. The van der Waals surface area contributed by atoms with Crippen LogP contribution in [0.1, 0.15) is 19.8 Å². The van der Waals surface area contributed by atoms with E-state index in [2.05, 4.69) is 12.2 Å². The van der Waals surface area contributed by atoms with Gasteiger partial charge < -0.3 is 10.1 Å². The minimum atomic E-state index is 0.556. The van der Waals surface area contributed by atoms with Crippen molar-refractivity contribution in [1.29, 1.82) is 0 Å². The molecule has 1 heterocycles. The summed E-state index contributed by atoms with van der Waals surface area (Å²) in [5, 5.41) is 3.47. The highest BCUT2D eigenvalue weighted by atomic mass is 16.5. The molecular formula is C8H15NO. The molecule has 2 aliphatic rings. The first kappa shape index (κ1) is 6.62. The van der Waals surface area contributed by atoms with E-state index in [1.165, 1.54) is 19.4 Å². The first-order valence-corrected chi connectivity index (χ1v) is 4.12. The van der Waals surface area contributed by atoms with Gasteiger partial charge in [0.1, 0.15) is 0 Å². The molecule has 1 atom stereocenters. The monoisotopic (exact) mass is 141 g/mol. The van der Waals surface area contributed by atoms with Gasteiger partial charge >= 0.3 is 0 Å². The zero-order valence-electron chi connectivity index (χ0n) is 6.52. The van der Waals surface area contributed by atoms with Crippen molar-refractivity contribution in [3.63, 3.8) is 0 Å². The molecule has 0 aromatic carbocycles. The Bertz CT molecular complexity index is 131. The fraction of sp³-hybridized carbons (Fsp3) is 1.00. The van der Waals surface area contributed by atoms with E-state index < -0.39 is 0 Å². The van der Waals surface area contributed by atoms with Crippen LogP contribution in [0, 0.1) is 5.41 Å². The van der Waals surface area contributed by atoms with Gasteiger partial charge in [-0.15, -0.1) is 0 Å². The lowest BCUT2D eigenvalue weighted by Crippen LogP contribution is -2.31. The third kappa shape index (κ3) is 1.18. The van der Waals surface area contributed by atoms with Crippen LogP contribution in [0.4, 0.5) is 0 Å². The van der Waals surface area contributed by atoms with E-state index in [1.54, 1.807) is 0 Å². The van der Waals surface area contributed by atoms with Crippen LogP contribution in [0.5, 0.6) is 0 Å². The van der Waals surface area contributed by atoms with Gasteiger partial charge in [0.15, 0.2) is 0 Å². The fourth-order valence-corrected chi connectivity index (χ4v) is 1.45. The smallest absolute Gasteiger partial charge is 0.0617 e. The Morgan fingerprint density at radius 1 is 1.50 bits per heavy atom. The molecule has 1 spiro atoms. The molecule has 10 heavy (non-hydrogen) atoms. The van der Waals surface area contributed by atoms with Crippen LogP contribution in [0.3, 0.4) is 0 Å². The van der Waals surface area contributed by atoms with E-state index in [4.69, 9.17) is 4.74 Å². The van der Waals surface area contributed by atoms with Gasteiger partial charge in [0.05, 0.1) is 13.2 Å². The molecular weight excluding hydrogens is 126 g/mol. The quantitative estimate of drug-likeness (QED) is 0.538. The molecule has 58 valence electrons. The first-order valence-electron chi connectivity index (χ1n) is 4.12. The molecule has 0 bridgehead atoms. The molecule has 2 fully saturated rings. The lowest BCUT2D eigenvalue weighted by atomic mass is 10.1. The number of hydrogen-bond acceptors (Lipinski definition) is 2. The molecule has 1 aliphatic carbocycles. The average Bonchev–Trinajstić information content (AvgIpc) is 2.67. The van der Waals surface area contributed by atoms with E-state index in [9.17, 15) is 0 Å². The van der Waals surface area contributed by atoms with Gasteiger partial charge in [-0.25, -0.2) is 0 Å². The van der Waals surface area contributed by atoms with Crippen molar-refractivity contribution in [2.75, 3.05) is 19.8 Å². The second-order valence-corrected chi connectivity index (χ2v) is 3.80. The maximum Gasteiger partial charge on any atom is 0.0617 e. The number of ether oxygens (including phenoxy) is 1. The predicted molar refractivity (Wildman–Crippen MR) is 40.0 cm³/mol. The second-order valence-electron chi connectivity index (χ2n) is 3.80. The molecule has 1 saturated carbocycles. The largest absolute Gasteiger partial charge is 0.379 e. The van der Waals surface area contributed by atoms with E-state index in [0.29, 0.717) is 11.5 Å². The molecule has 0 radical (unpaired) electrons. The third-order valence-electron chi connectivity index (χ3n) is 2.56. The first-order chi connectivity index (χ1) is 4.81. The maximum absolute atomic E-state index is 5.52. The Morgan fingerprint density at radius 3 is 3.00 bits per heavy atom. The summed E-state index contributed by atoms with van der Waals surface area (Å²) in [4.78, 5) is 0. The molecule has 0 aromatic rings. The molecule has 2 heteroatoms. The summed E-state index contributed by atoms with van der Waals surface area (Å²) in [5.74, 6) is 0. The normalized spacial score (nSPS) is 37.5. The average molecular weight is 141 g/mol. The van der Waals surface area contributed by atoms with Crippen molar-refractivity contribution in [2.24, 2.45) is 5.41 Å². The van der Waals surface area contributed by atoms with Gasteiger partial charge in [-0.1, -0.05) is 0 Å². The van der Waals surface area contributed by atoms with Gasteiger partial charge in [-0.05, 0) is 19.8 Å². The number of rotatable bonds is 0.